The van der Waals surface area contributed by atoms with E-state index in [4.69, 9.17) is 9.47 Å². The zero-order chi connectivity index (χ0) is 31.4. The molecule has 224 valence electrons. The second-order valence-corrected chi connectivity index (χ2v) is 10.7. The lowest BCUT2D eigenvalue weighted by atomic mass is 9.75. The van der Waals surface area contributed by atoms with Crippen LogP contribution in [0.25, 0.3) is 0 Å². The van der Waals surface area contributed by atoms with Crippen LogP contribution in [0.4, 0.5) is 10.5 Å². The monoisotopic (exact) mass is 596 g/mol. The molecule has 45 heavy (non-hydrogen) atoms. The molecule has 0 spiro atoms. The van der Waals surface area contributed by atoms with Crippen molar-refractivity contribution in [1.29, 1.82) is 0 Å². The molecule has 6 rings (SSSR count). The van der Waals surface area contributed by atoms with Gasteiger partial charge in [-0.3, -0.25) is 14.5 Å². The van der Waals surface area contributed by atoms with Gasteiger partial charge < -0.3 is 9.47 Å². The maximum Gasteiger partial charge on any atom is 0.333 e. The second kappa shape index (κ2) is 12.5. The summed E-state index contributed by atoms with van der Waals surface area (Å²) in [6, 6.07) is 40.7. The fourth-order valence-corrected chi connectivity index (χ4v) is 6.11. The normalized spacial score (nSPS) is 14.8. The molecule has 0 saturated carbocycles. The van der Waals surface area contributed by atoms with Gasteiger partial charge in [0, 0.05) is 17.7 Å². The molecule has 1 fully saturated rings. The van der Waals surface area contributed by atoms with Crippen LogP contribution in [0.2, 0.25) is 0 Å². The summed E-state index contributed by atoms with van der Waals surface area (Å²) < 4.78 is 10.6. The highest BCUT2D eigenvalue weighted by atomic mass is 16.5. The predicted molar refractivity (Wildman–Crippen MR) is 173 cm³/mol. The quantitative estimate of drug-likeness (QED) is 0.0976. The largest absolute Gasteiger partial charge is 0.497 e. The van der Waals surface area contributed by atoms with Gasteiger partial charge in [-0.25, -0.2) is 9.69 Å². The average Bonchev–Trinajstić information content (AvgIpc) is 3.35. The Morgan fingerprint density at radius 1 is 0.622 bits per heavy atom. The number of amides is 3. The first-order valence-electron chi connectivity index (χ1n) is 14.6. The lowest BCUT2D eigenvalue weighted by molar-refractivity contribution is -0.130. The van der Waals surface area contributed by atoms with Gasteiger partial charge in [0.1, 0.15) is 23.1 Å². The van der Waals surface area contributed by atoms with Crippen LogP contribution in [0.15, 0.2) is 140 Å². The summed E-state index contributed by atoms with van der Waals surface area (Å²) in [4.78, 5) is 46.3. The molecule has 1 saturated heterocycles. The van der Waals surface area contributed by atoms with Crippen molar-refractivity contribution < 1.29 is 23.9 Å². The van der Waals surface area contributed by atoms with Gasteiger partial charge in [0.05, 0.1) is 14.2 Å². The van der Waals surface area contributed by atoms with E-state index in [0.29, 0.717) is 22.7 Å². The summed E-state index contributed by atoms with van der Waals surface area (Å²) in [5.41, 5.74) is 1.78. The smallest absolute Gasteiger partial charge is 0.333 e. The molecule has 0 aliphatic carbocycles. The lowest BCUT2D eigenvalue weighted by Gasteiger charge is -2.42. The van der Waals surface area contributed by atoms with Crippen molar-refractivity contribution in [3.05, 3.63) is 162 Å². The highest BCUT2D eigenvalue weighted by molar-refractivity contribution is 6.17. The van der Waals surface area contributed by atoms with E-state index in [9.17, 15) is 14.4 Å². The maximum absolute atomic E-state index is 14.9. The molecular weight excluding hydrogens is 564 g/mol. The minimum Gasteiger partial charge on any atom is -0.497 e. The Kier molecular flexibility index (Phi) is 8.16. The van der Waals surface area contributed by atoms with Gasteiger partial charge in [-0.2, -0.15) is 0 Å². The summed E-state index contributed by atoms with van der Waals surface area (Å²) in [6.45, 7) is 0. The minimum atomic E-state index is -1.33. The zero-order valence-corrected chi connectivity index (χ0v) is 25.0. The number of nitrogens with zero attached hydrogens (tertiary/aromatic N) is 2. The molecule has 7 heteroatoms. The van der Waals surface area contributed by atoms with Crippen LogP contribution in [0, 0.1) is 0 Å². The molecule has 0 N–H and O–H groups in total. The van der Waals surface area contributed by atoms with Crippen LogP contribution in [0.5, 0.6) is 11.5 Å². The minimum absolute atomic E-state index is 0.214. The van der Waals surface area contributed by atoms with Crippen LogP contribution in [-0.2, 0) is 10.3 Å². The van der Waals surface area contributed by atoms with Gasteiger partial charge in [0.15, 0.2) is 5.78 Å². The standard InChI is InChI=1S/C38H32N2O5/c1-44-32-22-18-27(19-23-32)35(41)26-34-36(42)40(37(43)39(34)31-20-24-33(45-2)25-21-31)38(28-12-6-3-7-13-28,29-14-8-4-9-15-29)30-16-10-5-11-17-30/h3-25,34H,26H2,1-2H3. The molecule has 0 radical (unpaired) electrons. The third-order valence-corrected chi connectivity index (χ3v) is 8.27. The molecule has 0 aromatic heterocycles. The van der Waals surface area contributed by atoms with Crippen molar-refractivity contribution in [2.24, 2.45) is 0 Å². The number of urea groups is 1. The number of rotatable bonds is 10. The number of carbonyl (C=O) groups is 3. The van der Waals surface area contributed by atoms with Gasteiger partial charge in [0.25, 0.3) is 5.91 Å². The Bertz CT molecular complexity index is 1690. The topological polar surface area (TPSA) is 76.2 Å². The third-order valence-electron chi connectivity index (χ3n) is 8.27. The first-order valence-corrected chi connectivity index (χ1v) is 14.6. The number of benzene rings is 5. The van der Waals surface area contributed by atoms with E-state index in [0.717, 1.165) is 16.7 Å². The average molecular weight is 597 g/mol. The lowest BCUT2D eigenvalue weighted by Crippen LogP contribution is -2.52. The van der Waals surface area contributed by atoms with Crippen molar-refractivity contribution in [3.63, 3.8) is 0 Å². The number of Topliss-reactive ketones (excluding diaryl/α,β-unsaturated/α-hetero) is 1. The van der Waals surface area contributed by atoms with Gasteiger partial charge in [0.2, 0.25) is 0 Å². The van der Waals surface area contributed by atoms with Gasteiger partial charge in [-0.15, -0.1) is 0 Å². The molecule has 3 amide bonds. The Hall–Kier alpha value is -5.69. The Morgan fingerprint density at radius 2 is 1.04 bits per heavy atom. The number of hydrogen-bond donors (Lipinski definition) is 0. The first-order chi connectivity index (χ1) is 22.0. The van der Waals surface area contributed by atoms with E-state index >= 15 is 0 Å². The molecule has 1 aliphatic rings. The molecule has 5 aromatic carbocycles. The third kappa shape index (κ3) is 5.23. The number of ketones is 1. The fraction of sp³-hybridized carbons (Fsp3) is 0.132. The van der Waals surface area contributed by atoms with Gasteiger partial charge >= 0.3 is 6.03 Å². The van der Waals surface area contributed by atoms with E-state index in [1.54, 1.807) is 62.8 Å². The summed E-state index contributed by atoms with van der Waals surface area (Å²) >= 11 is 0. The predicted octanol–water partition coefficient (Wildman–Crippen LogP) is 7.11. The fourth-order valence-electron chi connectivity index (χ4n) is 6.11. The van der Waals surface area contributed by atoms with Crippen LogP contribution < -0.4 is 14.4 Å². The summed E-state index contributed by atoms with van der Waals surface area (Å²) in [5.74, 6) is 0.470. The molecule has 5 aromatic rings. The van der Waals surface area contributed by atoms with Crippen LogP contribution in [0.3, 0.4) is 0 Å². The van der Waals surface area contributed by atoms with Crippen LogP contribution in [0.1, 0.15) is 33.5 Å². The van der Waals surface area contributed by atoms with Crippen molar-refractivity contribution in [2.75, 3.05) is 19.1 Å². The SMILES string of the molecule is COc1ccc(C(=O)CC2C(=O)N(C(c3ccccc3)(c3ccccc3)c3ccccc3)C(=O)N2c2ccc(OC)cc2)cc1. The first kappa shape index (κ1) is 29.4. The van der Waals surface area contributed by atoms with E-state index in [2.05, 4.69) is 0 Å². The Labute approximate surface area is 262 Å². The van der Waals surface area contributed by atoms with Gasteiger partial charge in [-0.1, -0.05) is 91.0 Å². The van der Waals surface area contributed by atoms with Crippen molar-refractivity contribution in [1.82, 2.24) is 4.90 Å². The highest BCUT2D eigenvalue weighted by Crippen LogP contribution is 2.46. The summed E-state index contributed by atoms with van der Waals surface area (Å²) in [7, 11) is 3.12. The number of hydrogen-bond acceptors (Lipinski definition) is 5. The van der Waals surface area contributed by atoms with E-state index in [1.807, 2.05) is 91.0 Å². The molecule has 1 unspecified atom stereocenters. The summed E-state index contributed by atoms with van der Waals surface area (Å²) in [5, 5.41) is 0. The second-order valence-electron chi connectivity index (χ2n) is 10.7. The number of ether oxygens (including phenoxy) is 2. The molecule has 1 atom stereocenters. The molecule has 1 aliphatic heterocycles. The number of methoxy groups -OCH3 is 2. The maximum atomic E-state index is 14.9. The Balaban J connectivity index is 1.55. The van der Waals surface area contributed by atoms with Crippen LogP contribution in [-0.4, -0.2) is 42.9 Å². The van der Waals surface area contributed by atoms with Crippen LogP contribution >= 0.6 is 0 Å². The van der Waals surface area contributed by atoms with E-state index < -0.39 is 23.5 Å². The van der Waals surface area contributed by atoms with Crippen molar-refractivity contribution in [3.8, 4) is 11.5 Å². The van der Waals surface area contributed by atoms with E-state index in [1.165, 1.54) is 9.80 Å². The Morgan fingerprint density at radius 3 is 1.47 bits per heavy atom. The van der Waals surface area contributed by atoms with Crippen molar-refractivity contribution in [2.45, 2.75) is 18.0 Å². The highest BCUT2D eigenvalue weighted by Gasteiger charge is 2.57. The summed E-state index contributed by atoms with van der Waals surface area (Å²) in [6.07, 6.45) is -0.214. The molecule has 0 bridgehead atoms. The van der Waals surface area contributed by atoms with Crippen molar-refractivity contribution >= 4 is 23.4 Å². The molecule has 1 heterocycles. The van der Waals surface area contributed by atoms with E-state index in [-0.39, 0.29) is 12.2 Å². The number of carbonyl (C=O) groups excluding carboxylic acids is 3. The number of anilines is 1. The van der Waals surface area contributed by atoms with Gasteiger partial charge in [-0.05, 0) is 65.2 Å². The molecular formula is C38H32N2O5. The molecule has 7 nitrogen and oxygen atoms in total. The number of imide groups is 1. The zero-order valence-electron chi connectivity index (χ0n) is 25.0.